The fraction of sp³-hybridized carbons (Fsp3) is 0.500. The van der Waals surface area contributed by atoms with Gasteiger partial charge >= 0.3 is 15.2 Å². The van der Waals surface area contributed by atoms with E-state index in [2.05, 4.69) is 22.6 Å². The standard InChI is InChI=1S/C24H34IN3O6P2/c1-6-31-35(29,32-7-2)21(36(30,33-8-3)34-9-4)16-15-20-17-18(5)26-24-22(25)23(27-28(20)24)19-13-11-10-12-14-19/h10-14,17,21H,6-9,15-16H2,1-5H3. The summed E-state index contributed by atoms with van der Waals surface area (Å²) in [5, 5.41) is 3.77. The van der Waals surface area contributed by atoms with Crippen LogP contribution in [0.5, 0.6) is 0 Å². The van der Waals surface area contributed by atoms with Gasteiger partial charge in [-0.1, -0.05) is 30.3 Å². The van der Waals surface area contributed by atoms with Crippen LogP contribution in [0, 0.1) is 10.5 Å². The molecule has 0 atom stereocenters. The van der Waals surface area contributed by atoms with E-state index in [1.165, 1.54) is 0 Å². The van der Waals surface area contributed by atoms with E-state index in [-0.39, 0.29) is 32.8 Å². The van der Waals surface area contributed by atoms with Gasteiger partial charge in [0, 0.05) is 17.0 Å². The highest BCUT2D eigenvalue weighted by atomic mass is 127. The third-order valence-corrected chi connectivity index (χ3v) is 12.5. The van der Waals surface area contributed by atoms with Crippen LogP contribution in [0.15, 0.2) is 36.4 Å². The van der Waals surface area contributed by atoms with Crippen molar-refractivity contribution in [3.63, 3.8) is 0 Å². The first kappa shape index (κ1) is 29.4. The lowest BCUT2D eigenvalue weighted by Gasteiger charge is -2.31. The number of halogens is 1. The molecule has 0 unspecified atom stereocenters. The zero-order valence-corrected chi connectivity index (χ0v) is 25.3. The van der Waals surface area contributed by atoms with Crippen molar-refractivity contribution in [1.82, 2.24) is 14.6 Å². The number of aromatic nitrogens is 3. The van der Waals surface area contributed by atoms with E-state index in [0.717, 1.165) is 31.9 Å². The van der Waals surface area contributed by atoms with Gasteiger partial charge in [0.1, 0.15) is 5.69 Å². The topological polar surface area (TPSA) is 101 Å². The fourth-order valence-corrected chi connectivity index (χ4v) is 10.2. The van der Waals surface area contributed by atoms with E-state index in [1.807, 2.05) is 43.3 Å². The molecule has 12 heteroatoms. The molecule has 0 spiro atoms. The molecule has 36 heavy (non-hydrogen) atoms. The zero-order chi connectivity index (χ0) is 26.3. The summed E-state index contributed by atoms with van der Waals surface area (Å²) in [5.74, 6) is 0. The highest BCUT2D eigenvalue weighted by Gasteiger charge is 2.50. The Bertz CT molecular complexity index is 1200. The Morgan fingerprint density at radius 1 is 0.917 bits per heavy atom. The van der Waals surface area contributed by atoms with Crippen LogP contribution in [0.3, 0.4) is 0 Å². The van der Waals surface area contributed by atoms with Crippen molar-refractivity contribution < 1.29 is 27.2 Å². The molecule has 0 aliphatic carbocycles. The van der Waals surface area contributed by atoms with Crippen molar-refractivity contribution in [3.8, 4) is 11.3 Å². The quantitative estimate of drug-likeness (QED) is 0.135. The van der Waals surface area contributed by atoms with Crippen LogP contribution in [-0.4, -0.2) is 46.4 Å². The summed E-state index contributed by atoms with van der Waals surface area (Å²) in [7, 11) is -7.66. The van der Waals surface area contributed by atoms with Gasteiger partial charge in [-0.05, 0) is 76.1 Å². The van der Waals surface area contributed by atoms with Crippen LogP contribution in [-0.2, 0) is 33.6 Å². The largest absolute Gasteiger partial charge is 0.345 e. The minimum atomic E-state index is -3.83. The molecule has 2 aromatic heterocycles. The molecule has 0 N–H and O–H groups in total. The van der Waals surface area contributed by atoms with Crippen molar-refractivity contribution >= 4 is 43.4 Å². The van der Waals surface area contributed by atoms with E-state index in [1.54, 1.807) is 32.2 Å². The molecule has 0 bridgehead atoms. The third kappa shape index (κ3) is 6.46. The summed E-state index contributed by atoms with van der Waals surface area (Å²) in [6, 6.07) is 11.8. The summed E-state index contributed by atoms with van der Waals surface area (Å²) in [5.41, 5.74) is 4.21. The van der Waals surface area contributed by atoms with E-state index < -0.39 is 20.6 Å². The second-order valence-electron chi connectivity index (χ2n) is 7.92. The maximum absolute atomic E-state index is 13.9. The highest BCUT2D eigenvalue weighted by molar-refractivity contribution is 14.1. The van der Waals surface area contributed by atoms with Gasteiger partial charge in [-0.3, -0.25) is 9.13 Å². The van der Waals surface area contributed by atoms with E-state index in [4.69, 9.17) is 28.2 Å². The summed E-state index contributed by atoms with van der Waals surface area (Å²) < 4.78 is 53.0. The molecule has 0 saturated carbocycles. The SMILES string of the molecule is CCOP(=O)(OCC)C(CCc1cc(C)nc2c(I)c(-c3ccccc3)nn12)P(=O)(OCC)OCC. The molecule has 198 valence electrons. The fourth-order valence-electron chi connectivity index (χ4n) is 4.05. The lowest BCUT2D eigenvalue weighted by atomic mass is 10.2. The summed E-state index contributed by atoms with van der Waals surface area (Å²) in [6.45, 7) is 9.38. The Morgan fingerprint density at radius 3 is 1.94 bits per heavy atom. The predicted molar refractivity (Wildman–Crippen MR) is 150 cm³/mol. The molecule has 0 fully saturated rings. The van der Waals surface area contributed by atoms with Crippen molar-refractivity contribution in [2.75, 3.05) is 26.4 Å². The molecule has 9 nitrogen and oxygen atoms in total. The van der Waals surface area contributed by atoms with Crippen LogP contribution >= 0.6 is 37.8 Å². The first-order chi connectivity index (χ1) is 17.2. The lowest BCUT2D eigenvalue weighted by molar-refractivity contribution is 0.193. The average molecular weight is 649 g/mol. The number of hydrogen-bond donors (Lipinski definition) is 0. The smallest absolute Gasteiger partial charge is 0.308 e. The molecule has 3 rings (SSSR count). The Morgan fingerprint density at radius 2 is 1.44 bits per heavy atom. The first-order valence-corrected chi connectivity index (χ1v) is 16.4. The summed E-state index contributed by atoms with van der Waals surface area (Å²) >= 11 is 2.27. The third-order valence-electron chi connectivity index (χ3n) is 5.41. The number of hydrogen-bond acceptors (Lipinski definition) is 8. The molecule has 0 radical (unpaired) electrons. The number of aryl methyl sites for hydroxylation is 2. The molecular formula is C24H34IN3O6P2. The van der Waals surface area contributed by atoms with E-state index in [0.29, 0.717) is 6.42 Å². The minimum absolute atomic E-state index is 0.141. The van der Waals surface area contributed by atoms with Crippen molar-refractivity contribution in [2.45, 2.75) is 52.9 Å². The second-order valence-corrected chi connectivity index (χ2v) is 13.8. The van der Waals surface area contributed by atoms with Crippen LogP contribution in [0.25, 0.3) is 16.9 Å². The Labute approximate surface area is 226 Å². The minimum Gasteiger partial charge on any atom is -0.308 e. The molecule has 0 amide bonds. The summed E-state index contributed by atoms with van der Waals surface area (Å²) in [4.78, 5) is 4.71. The first-order valence-electron chi connectivity index (χ1n) is 12.1. The van der Waals surface area contributed by atoms with Crippen molar-refractivity contribution in [3.05, 3.63) is 51.4 Å². The average Bonchev–Trinajstić information content (AvgIpc) is 3.16. The van der Waals surface area contributed by atoms with Crippen molar-refractivity contribution in [2.24, 2.45) is 0 Å². The maximum Gasteiger partial charge on any atom is 0.345 e. The van der Waals surface area contributed by atoms with E-state index in [9.17, 15) is 9.13 Å². The van der Waals surface area contributed by atoms with Gasteiger partial charge in [-0.2, -0.15) is 5.10 Å². The summed E-state index contributed by atoms with van der Waals surface area (Å²) in [6.07, 6.45) is 0.564. The Hall–Kier alpha value is -1.13. The normalized spacial score (nSPS) is 12.6. The molecule has 2 heterocycles. The van der Waals surface area contributed by atoms with Gasteiger partial charge in [0.15, 0.2) is 11.0 Å². The number of nitrogens with zero attached hydrogens (tertiary/aromatic N) is 3. The number of rotatable bonds is 14. The molecule has 0 aliphatic heterocycles. The monoisotopic (exact) mass is 649 g/mol. The number of benzene rings is 1. The lowest BCUT2D eigenvalue weighted by Crippen LogP contribution is -2.19. The second kappa shape index (κ2) is 13.1. The molecular weight excluding hydrogens is 615 g/mol. The van der Waals surface area contributed by atoms with Gasteiger partial charge in [-0.25, -0.2) is 9.50 Å². The Balaban J connectivity index is 2.07. The van der Waals surface area contributed by atoms with Gasteiger partial charge < -0.3 is 18.1 Å². The van der Waals surface area contributed by atoms with Gasteiger partial charge in [0.2, 0.25) is 0 Å². The van der Waals surface area contributed by atoms with Crippen LogP contribution in [0.2, 0.25) is 0 Å². The zero-order valence-electron chi connectivity index (χ0n) is 21.3. The predicted octanol–water partition coefficient (Wildman–Crippen LogP) is 7.10. The maximum atomic E-state index is 13.9. The van der Waals surface area contributed by atoms with Crippen LogP contribution in [0.1, 0.15) is 45.5 Å². The molecule has 0 aliphatic rings. The number of fused-ring (bicyclic) bond motifs is 1. The van der Waals surface area contributed by atoms with Crippen LogP contribution < -0.4 is 0 Å². The van der Waals surface area contributed by atoms with E-state index >= 15 is 0 Å². The van der Waals surface area contributed by atoms with Gasteiger partial charge in [-0.15, -0.1) is 0 Å². The highest BCUT2D eigenvalue weighted by Crippen LogP contribution is 2.71. The molecule has 3 aromatic rings. The Kier molecular flexibility index (Phi) is 10.7. The van der Waals surface area contributed by atoms with Gasteiger partial charge in [0.05, 0.1) is 30.0 Å². The van der Waals surface area contributed by atoms with Crippen LogP contribution in [0.4, 0.5) is 0 Å². The van der Waals surface area contributed by atoms with Crippen molar-refractivity contribution in [1.29, 1.82) is 0 Å². The molecule has 1 aromatic carbocycles. The van der Waals surface area contributed by atoms with Gasteiger partial charge in [0.25, 0.3) is 0 Å². The molecule has 0 saturated heterocycles.